The van der Waals surface area contributed by atoms with Crippen LogP contribution in [0.15, 0.2) is 65.6 Å². The first-order chi connectivity index (χ1) is 19.8. The molecule has 0 atom stereocenters. The minimum atomic E-state index is -1.03. The molecule has 4 aromatic rings. The molecule has 0 radical (unpaired) electrons. The van der Waals surface area contributed by atoms with Crippen molar-refractivity contribution in [3.8, 4) is 11.4 Å². The van der Waals surface area contributed by atoms with E-state index < -0.39 is 11.5 Å². The molecule has 2 aliphatic rings. The van der Waals surface area contributed by atoms with Gasteiger partial charge in [-0.25, -0.2) is 9.78 Å². The highest BCUT2D eigenvalue weighted by Gasteiger charge is 2.45. The number of nitrogens with zero attached hydrogens (tertiary/aromatic N) is 2. The monoisotopic (exact) mass is 552 g/mol. The summed E-state index contributed by atoms with van der Waals surface area (Å²) in [6.45, 7) is 0. The average Bonchev–Trinajstić information content (AvgIpc) is 3.71. The zero-order valence-electron chi connectivity index (χ0n) is 22.9. The minimum absolute atomic E-state index is 0.261. The number of aliphatic carboxylic acids is 1. The van der Waals surface area contributed by atoms with Crippen LogP contribution in [-0.4, -0.2) is 38.0 Å². The van der Waals surface area contributed by atoms with E-state index in [4.69, 9.17) is 9.52 Å². The van der Waals surface area contributed by atoms with Crippen molar-refractivity contribution in [2.24, 2.45) is 7.05 Å². The molecular weight excluding hydrogens is 520 g/mol. The van der Waals surface area contributed by atoms with Crippen LogP contribution in [-0.2, 0) is 16.6 Å². The molecule has 2 aromatic carbocycles. The number of benzene rings is 2. The van der Waals surface area contributed by atoms with Gasteiger partial charge in [0.25, 0.3) is 5.91 Å². The van der Waals surface area contributed by atoms with Crippen molar-refractivity contribution in [2.75, 3.05) is 5.32 Å². The summed E-state index contributed by atoms with van der Waals surface area (Å²) >= 11 is 0. The fourth-order valence-corrected chi connectivity index (χ4v) is 6.20. The molecule has 0 unspecified atom stereocenters. The lowest BCUT2D eigenvalue weighted by molar-refractivity contribution is -0.131. The topological polar surface area (TPSA) is 126 Å². The standard InChI is InChI=1S/C32H32N4O5/c1-36-26-17-22(10-13-24(26)28(21-5-2-3-6-21)29(36)25-18-41-19-33-25)30(39)35-32(15-4-16-32)31(40)34-23-11-7-20(8-12-23)9-14-27(37)38/h7-14,17-19,21H,2-6,15-16H2,1H3,(H,34,40)(H,35,39)(H,37,38)/b14-9+. The fourth-order valence-electron chi connectivity index (χ4n) is 6.20. The number of hydrogen-bond acceptors (Lipinski definition) is 5. The lowest BCUT2D eigenvalue weighted by Crippen LogP contribution is -2.61. The third kappa shape index (κ3) is 5.03. The Labute approximate surface area is 237 Å². The van der Waals surface area contributed by atoms with Crippen molar-refractivity contribution >= 4 is 40.4 Å². The number of nitrogens with one attached hydrogen (secondary N) is 2. The Morgan fingerprint density at radius 1 is 1.07 bits per heavy atom. The molecule has 41 heavy (non-hydrogen) atoms. The van der Waals surface area contributed by atoms with E-state index in [1.807, 2.05) is 25.2 Å². The van der Waals surface area contributed by atoms with Crippen LogP contribution < -0.4 is 10.6 Å². The summed E-state index contributed by atoms with van der Waals surface area (Å²) in [7, 11) is 2.00. The van der Waals surface area contributed by atoms with Gasteiger partial charge in [0.2, 0.25) is 5.91 Å². The van der Waals surface area contributed by atoms with Gasteiger partial charge >= 0.3 is 5.97 Å². The summed E-state index contributed by atoms with van der Waals surface area (Å²) in [6.07, 6.45) is 12.3. The van der Waals surface area contributed by atoms with Gasteiger partial charge in [0.1, 0.15) is 17.5 Å². The molecule has 2 amide bonds. The van der Waals surface area contributed by atoms with Crippen molar-refractivity contribution in [3.63, 3.8) is 0 Å². The summed E-state index contributed by atoms with van der Waals surface area (Å²) in [4.78, 5) is 42.0. The van der Waals surface area contributed by atoms with Gasteiger partial charge in [-0.3, -0.25) is 9.59 Å². The molecular formula is C32H32N4O5. The number of rotatable bonds is 8. The number of carboxylic acid groups (broad SMARTS) is 1. The molecule has 0 saturated heterocycles. The van der Waals surface area contributed by atoms with Crippen LogP contribution >= 0.6 is 0 Å². The number of carbonyl (C=O) groups excluding carboxylic acids is 2. The van der Waals surface area contributed by atoms with E-state index in [0.29, 0.717) is 35.6 Å². The second-order valence-electron chi connectivity index (χ2n) is 11.0. The number of carbonyl (C=O) groups is 3. The molecule has 2 fully saturated rings. The molecule has 3 N–H and O–H groups in total. The predicted molar refractivity (Wildman–Crippen MR) is 155 cm³/mol. The van der Waals surface area contributed by atoms with Crippen LogP contribution in [0.4, 0.5) is 5.69 Å². The van der Waals surface area contributed by atoms with Crippen molar-refractivity contribution in [1.82, 2.24) is 14.9 Å². The molecule has 0 spiro atoms. The minimum Gasteiger partial charge on any atom is -0.478 e. The van der Waals surface area contributed by atoms with Gasteiger partial charge in [0.05, 0.1) is 5.69 Å². The van der Waals surface area contributed by atoms with Crippen LogP contribution in [0.5, 0.6) is 0 Å². The van der Waals surface area contributed by atoms with Crippen LogP contribution in [0.1, 0.15) is 72.3 Å². The first-order valence-electron chi connectivity index (χ1n) is 14.0. The number of aromatic nitrogens is 2. The first kappa shape index (κ1) is 26.6. The SMILES string of the molecule is Cn1c(-c2cocn2)c(C2CCCC2)c2ccc(C(=O)NC3(C(=O)Nc4ccc(/C=C/C(=O)O)cc4)CCC3)cc21. The van der Waals surface area contributed by atoms with E-state index in [-0.39, 0.29) is 11.8 Å². The molecule has 0 aliphatic heterocycles. The van der Waals surface area contributed by atoms with Gasteiger partial charge in [-0.2, -0.15) is 0 Å². The van der Waals surface area contributed by atoms with Crippen LogP contribution in [0.25, 0.3) is 28.4 Å². The van der Waals surface area contributed by atoms with Crippen LogP contribution in [0.2, 0.25) is 0 Å². The zero-order chi connectivity index (χ0) is 28.6. The van der Waals surface area contributed by atoms with Gasteiger partial charge in [-0.15, -0.1) is 0 Å². The van der Waals surface area contributed by atoms with Gasteiger partial charge in [0, 0.05) is 35.3 Å². The summed E-state index contributed by atoms with van der Waals surface area (Å²) in [5.74, 6) is -1.14. The highest BCUT2D eigenvalue weighted by Crippen LogP contribution is 2.44. The summed E-state index contributed by atoms with van der Waals surface area (Å²) < 4.78 is 7.41. The Balaban J connectivity index is 1.24. The van der Waals surface area contributed by atoms with E-state index in [9.17, 15) is 14.4 Å². The van der Waals surface area contributed by atoms with E-state index in [1.165, 1.54) is 30.9 Å². The number of oxazole rings is 1. The summed E-state index contributed by atoms with van der Waals surface area (Å²) in [5.41, 5.74) is 4.82. The van der Waals surface area contributed by atoms with E-state index in [2.05, 4.69) is 20.2 Å². The molecule has 2 aliphatic carbocycles. The average molecular weight is 553 g/mol. The third-order valence-corrected chi connectivity index (χ3v) is 8.52. The van der Waals surface area contributed by atoms with Crippen molar-refractivity contribution in [2.45, 2.75) is 56.4 Å². The molecule has 6 rings (SSSR count). The maximum Gasteiger partial charge on any atom is 0.328 e. The largest absolute Gasteiger partial charge is 0.478 e. The quantitative estimate of drug-likeness (QED) is 0.234. The Morgan fingerprint density at radius 2 is 1.83 bits per heavy atom. The van der Waals surface area contributed by atoms with Crippen LogP contribution in [0.3, 0.4) is 0 Å². The van der Waals surface area contributed by atoms with E-state index >= 15 is 0 Å². The molecule has 210 valence electrons. The number of carboxylic acids is 1. The highest BCUT2D eigenvalue weighted by molar-refractivity contribution is 6.06. The molecule has 0 bridgehead atoms. The van der Waals surface area contributed by atoms with E-state index in [0.717, 1.165) is 47.6 Å². The second-order valence-corrected chi connectivity index (χ2v) is 11.0. The van der Waals surface area contributed by atoms with Gasteiger partial charge in [0.15, 0.2) is 6.39 Å². The Kier molecular flexibility index (Phi) is 6.95. The molecule has 2 heterocycles. The number of aryl methyl sites for hydroxylation is 1. The molecule has 9 nitrogen and oxygen atoms in total. The zero-order valence-corrected chi connectivity index (χ0v) is 22.9. The van der Waals surface area contributed by atoms with Gasteiger partial charge in [-0.1, -0.05) is 31.0 Å². The van der Waals surface area contributed by atoms with Crippen LogP contribution in [0, 0.1) is 0 Å². The maximum atomic E-state index is 13.5. The maximum absolute atomic E-state index is 13.5. The van der Waals surface area contributed by atoms with Gasteiger partial charge in [-0.05, 0) is 79.5 Å². The summed E-state index contributed by atoms with van der Waals surface area (Å²) in [5, 5.41) is 15.9. The fraction of sp³-hybridized carbons (Fsp3) is 0.312. The second kappa shape index (κ2) is 10.7. The van der Waals surface area contributed by atoms with Crippen molar-refractivity contribution in [1.29, 1.82) is 0 Å². The first-order valence-corrected chi connectivity index (χ1v) is 14.0. The predicted octanol–water partition coefficient (Wildman–Crippen LogP) is 5.88. The lowest BCUT2D eigenvalue weighted by Gasteiger charge is -2.40. The number of anilines is 1. The smallest absolute Gasteiger partial charge is 0.328 e. The molecule has 2 saturated carbocycles. The highest BCUT2D eigenvalue weighted by atomic mass is 16.4. The normalized spacial score (nSPS) is 16.6. The molecule has 2 aromatic heterocycles. The number of hydrogen-bond donors (Lipinski definition) is 3. The number of amides is 2. The Hall–Kier alpha value is -4.66. The van der Waals surface area contributed by atoms with Crippen molar-refractivity contribution < 1.29 is 23.9 Å². The van der Waals surface area contributed by atoms with Gasteiger partial charge < -0.3 is 24.7 Å². The lowest BCUT2D eigenvalue weighted by atomic mass is 9.75. The number of fused-ring (bicyclic) bond motifs is 1. The Morgan fingerprint density at radius 3 is 2.46 bits per heavy atom. The summed E-state index contributed by atoms with van der Waals surface area (Å²) in [6, 6.07) is 12.6. The molecule has 9 heteroatoms. The third-order valence-electron chi connectivity index (χ3n) is 8.52. The van der Waals surface area contributed by atoms with Crippen molar-refractivity contribution in [3.05, 3.63) is 77.9 Å². The Bertz CT molecular complexity index is 1640. The van der Waals surface area contributed by atoms with E-state index in [1.54, 1.807) is 30.5 Å².